The second-order valence-corrected chi connectivity index (χ2v) is 8.82. The summed E-state index contributed by atoms with van der Waals surface area (Å²) in [6, 6.07) is 8.41. The fraction of sp³-hybridized carbons (Fsp3) is 0.417. The predicted octanol–water partition coefficient (Wildman–Crippen LogP) is 4.18. The Hall–Kier alpha value is -2.66. The summed E-state index contributed by atoms with van der Waals surface area (Å²) in [6.07, 6.45) is 10.9. The predicted molar refractivity (Wildman–Crippen MR) is 112 cm³/mol. The number of H-pyrrole nitrogens is 1. The van der Waals surface area contributed by atoms with E-state index in [1.165, 1.54) is 12.0 Å². The number of allylic oxidation sites excluding steroid dienone is 3. The molecule has 5 heteroatoms. The Bertz CT molecular complexity index is 978. The van der Waals surface area contributed by atoms with Gasteiger partial charge in [0, 0.05) is 13.1 Å². The van der Waals surface area contributed by atoms with Crippen LogP contribution >= 0.6 is 0 Å². The maximum Gasteiger partial charge on any atom is 0.314 e. The Kier molecular flexibility index (Phi) is 4.43. The van der Waals surface area contributed by atoms with Crippen LogP contribution in [-0.2, 0) is 11.3 Å². The molecule has 3 aliphatic rings. The molecule has 2 N–H and O–H groups in total. The monoisotopic (exact) mass is 389 g/mol. The van der Waals surface area contributed by atoms with Gasteiger partial charge in [-0.3, -0.25) is 9.69 Å². The summed E-state index contributed by atoms with van der Waals surface area (Å²) in [4.78, 5) is 22.5. The van der Waals surface area contributed by atoms with Crippen LogP contribution in [-0.4, -0.2) is 39.0 Å². The van der Waals surface area contributed by atoms with Gasteiger partial charge in [-0.1, -0.05) is 48.1 Å². The zero-order valence-electron chi connectivity index (χ0n) is 16.8. The smallest absolute Gasteiger partial charge is 0.314 e. The Morgan fingerprint density at radius 1 is 1.24 bits per heavy atom. The van der Waals surface area contributed by atoms with E-state index in [9.17, 15) is 9.90 Å². The van der Waals surface area contributed by atoms with Crippen LogP contribution in [0.5, 0.6) is 0 Å². The van der Waals surface area contributed by atoms with Crippen LogP contribution in [0.2, 0.25) is 0 Å². The molecule has 5 nitrogen and oxygen atoms in total. The van der Waals surface area contributed by atoms with Crippen LogP contribution < -0.4 is 0 Å². The number of aromatic amines is 1. The molecule has 1 unspecified atom stereocenters. The van der Waals surface area contributed by atoms with Crippen LogP contribution in [0.1, 0.15) is 30.7 Å². The number of benzene rings is 1. The number of rotatable bonds is 5. The van der Waals surface area contributed by atoms with E-state index in [4.69, 9.17) is 0 Å². The van der Waals surface area contributed by atoms with Crippen LogP contribution in [0.4, 0.5) is 0 Å². The van der Waals surface area contributed by atoms with Crippen molar-refractivity contribution in [2.45, 2.75) is 32.7 Å². The number of nitrogens with zero attached hydrogens (tertiary/aromatic N) is 2. The SMILES string of the molecule is Cc1ccc(-c2cnc(CN3CCC(C(=O)O)(C4=CC5C[C@@H]5C=C4)CC3)[nH]2)cc1. The number of nitrogens with one attached hydrogen (secondary N) is 1. The number of fused-ring (bicyclic) bond motifs is 1. The van der Waals surface area contributed by atoms with Crippen LogP contribution in [0.25, 0.3) is 11.3 Å². The van der Waals surface area contributed by atoms with Gasteiger partial charge in [-0.2, -0.15) is 0 Å². The van der Waals surface area contributed by atoms with Gasteiger partial charge in [0.2, 0.25) is 0 Å². The lowest BCUT2D eigenvalue weighted by molar-refractivity contribution is -0.149. The zero-order chi connectivity index (χ0) is 20.0. The van der Waals surface area contributed by atoms with E-state index >= 15 is 0 Å². The average Bonchev–Trinajstić information content (AvgIpc) is 3.37. The lowest BCUT2D eigenvalue weighted by atomic mass is 9.71. The molecule has 0 amide bonds. The number of aromatic nitrogens is 2. The second kappa shape index (κ2) is 6.99. The summed E-state index contributed by atoms with van der Waals surface area (Å²) in [5.41, 5.74) is 3.70. The van der Waals surface area contributed by atoms with Crippen molar-refractivity contribution < 1.29 is 9.90 Å². The van der Waals surface area contributed by atoms with Crippen LogP contribution in [0.3, 0.4) is 0 Å². The number of carbonyl (C=O) groups is 1. The molecule has 1 aromatic heterocycles. The number of hydrogen-bond acceptors (Lipinski definition) is 3. The maximum absolute atomic E-state index is 12.2. The van der Waals surface area contributed by atoms with Gasteiger partial charge < -0.3 is 10.1 Å². The van der Waals surface area contributed by atoms with E-state index in [1.54, 1.807) is 0 Å². The average molecular weight is 389 g/mol. The number of likely N-dealkylation sites (tertiary alicyclic amines) is 1. The molecule has 2 aliphatic carbocycles. The van der Waals surface area contributed by atoms with Crippen molar-refractivity contribution >= 4 is 5.97 Å². The van der Waals surface area contributed by atoms with Crippen molar-refractivity contribution in [1.82, 2.24) is 14.9 Å². The fourth-order valence-corrected chi connectivity index (χ4v) is 4.73. The van der Waals surface area contributed by atoms with E-state index < -0.39 is 11.4 Å². The standard InChI is InChI=1S/C24H27N3O2/c1-16-2-4-17(5-3-16)21-14-25-22(26-21)15-27-10-8-24(9-11-27,23(28)29)20-7-6-18-12-19(18)13-20/h2-7,13-14,18-19H,8-12,15H2,1H3,(H,25,26)(H,28,29)/t18-,19?/m0/s1. The van der Waals surface area contributed by atoms with Gasteiger partial charge >= 0.3 is 5.97 Å². The number of aliphatic carboxylic acids is 1. The number of piperidine rings is 1. The van der Waals surface area contributed by atoms with Crippen molar-refractivity contribution in [3.63, 3.8) is 0 Å². The highest BCUT2D eigenvalue weighted by Gasteiger charge is 2.47. The molecule has 1 aliphatic heterocycles. The number of imidazole rings is 1. The fourth-order valence-electron chi connectivity index (χ4n) is 4.73. The second-order valence-electron chi connectivity index (χ2n) is 8.82. The van der Waals surface area contributed by atoms with Crippen molar-refractivity contribution in [3.05, 3.63) is 65.7 Å². The van der Waals surface area contributed by atoms with Crippen molar-refractivity contribution in [2.75, 3.05) is 13.1 Å². The first kappa shape index (κ1) is 18.4. The Labute approximate surface area is 171 Å². The summed E-state index contributed by atoms with van der Waals surface area (Å²) in [5.74, 6) is 1.49. The molecule has 0 spiro atoms. The zero-order valence-corrected chi connectivity index (χ0v) is 16.8. The van der Waals surface area contributed by atoms with E-state index in [-0.39, 0.29) is 0 Å². The summed E-state index contributed by atoms with van der Waals surface area (Å²) < 4.78 is 0. The van der Waals surface area contributed by atoms with Gasteiger partial charge in [0.1, 0.15) is 5.82 Å². The summed E-state index contributed by atoms with van der Waals surface area (Å²) in [7, 11) is 0. The number of hydrogen-bond donors (Lipinski definition) is 2. The highest BCUT2D eigenvalue weighted by Crippen LogP contribution is 2.50. The molecule has 2 atom stereocenters. The summed E-state index contributed by atoms with van der Waals surface area (Å²) >= 11 is 0. The molecule has 1 aromatic carbocycles. The van der Waals surface area contributed by atoms with Crippen molar-refractivity contribution in [3.8, 4) is 11.3 Å². The first-order valence-electron chi connectivity index (χ1n) is 10.5. The highest BCUT2D eigenvalue weighted by molar-refractivity contribution is 5.80. The van der Waals surface area contributed by atoms with E-state index in [2.05, 4.69) is 64.3 Å². The van der Waals surface area contributed by atoms with E-state index in [1.807, 2.05) is 6.20 Å². The van der Waals surface area contributed by atoms with Gasteiger partial charge in [-0.15, -0.1) is 0 Å². The first-order chi connectivity index (χ1) is 14.0. The number of carboxylic acid groups (broad SMARTS) is 1. The van der Waals surface area contributed by atoms with Gasteiger partial charge in [0.05, 0.1) is 23.9 Å². The van der Waals surface area contributed by atoms with Crippen LogP contribution in [0, 0.1) is 24.2 Å². The molecule has 1 saturated carbocycles. The van der Waals surface area contributed by atoms with E-state index in [0.717, 1.165) is 42.3 Å². The molecule has 0 bridgehead atoms. The first-order valence-corrected chi connectivity index (χ1v) is 10.5. The number of aryl methyl sites for hydroxylation is 1. The van der Waals surface area contributed by atoms with Gasteiger partial charge in [0.15, 0.2) is 0 Å². The molecule has 5 rings (SSSR count). The largest absolute Gasteiger partial charge is 0.481 e. The van der Waals surface area contributed by atoms with Gasteiger partial charge in [-0.05, 0) is 49.2 Å². The highest BCUT2D eigenvalue weighted by atomic mass is 16.4. The third-order valence-electron chi connectivity index (χ3n) is 6.84. The minimum absolute atomic E-state index is 0.576. The molecule has 2 heterocycles. The Morgan fingerprint density at radius 3 is 2.69 bits per heavy atom. The molecule has 29 heavy (non-hydrogen) atoms. The maximum atomic E-state index is 12.2. The Morgan fingerprint density at radius 2 is 2.00 bits per heavy atom. The lowest BCUT2D eigenvalue weighted by Crippen LogP contribution is -2.45. The van der Waals surface area contributed by atoms with Gasteiger partial charge in [-0.25, -0.2) is 4.98 Å². The minimum Gasteiger partial charge on any atom is -0.481 e. The summed E-state index contributed by atoms with van der Waals surface area (Å²) in [6.45, 7) is 4.34. The van der Waals surface area contributed by atoms with Gasteiger partial charge in [0.25, 0.3) is 0 Å². The minimum atomic E-state index is -0.725. The third-order valence-corrected chi connectivity index (χ3v) is 6.84. The summed E-state index contributed by atoms with van der Waals surface area (Å²) in [5, 5.41) is 10.1. The third kappa shape index (κ3) is 3.44. The molecule has 0 radical (unpaired) electrons. The quantitative estimate of drug-likeness (QED) is 0.805. The molecular formula is C24H27N3O2. The molecule has 150 valence electrons. The molecule has 2 fully saturated rings. The molecule has 2 aromatic rings. The van der Waals surface area contributed by atoms with Crippen LogP contribution in [0.15, 0.2) is 54.3 Å². The number of carboxylic acids is 1. The van der Waals surface area contributed by atoms with E-state index in [0.29, 0.717) is 24.7 Å². The Balaban J connectivity index is 1.25. The van der Waals surface area contributed by atoms with Crippen molar-refractivity contribution in [2.24, 2.45) is 17.3 Å². The topological polar surface area (TPSA) is 69.2 Å². The molecular weight excluding hydrogens is 362 g/mol. The normalized spacial score (nSPS) is 25.3. The van der Waals surface area contributed by atoms with Crippen molar-refractivity contribution in [1.29, 1.82) is 0 Å². The lowest BCUT2D eigenvalue weighted by Gasteiger charge is -2.40. The molecule has 1 saturated heterocycles.